The highest BCUT2D eigenvalue weighted by Crippen LogP contribution is 2.39. The number of hydrogen-bond donors (Lipinski definition) is 2. The van der Waals surface area contributed by atoms with Crippen molar-refractivity contribution in [3.8, 4) is 0 Å². The van der Waals surface area contributed by atoms with Crippen LogP contribution < -0.4 is 0 Å². The lowest BCUT2D eigenvalue weighted by atomic mass is 10.1. The van der Waals surface area contributed by atoms with Crippen LogP contribution >= 0.6 is 21.6 Å². The number of hydrogen-bond acceptors (Lipinski definition) is 7. The van der Waals surface area contributed by atoms with E-state index in [4.69, 9.17) is 9.84 Å². The summed E-state index contributed by atoms with van der Waals surface area (Å²) in [6.45, 7) is 6.60. The molecule has 0 saturated carbocycles. The van der Waals surface area contributed by atoms with Crippen molar-refractivity contribution in [2.75, 3.05) is 58.2 Å². The molecule has 7 heteroatoms. The predicted molar refractivity (Wildman–Crippen MR) is 98.8 cm³/mol. The molecule has 0 aromatic rings. The van der Waals surface area contributed by atoms with E-state index in [1.807, 2.05) is 21.6 Å². The van der Waals surface area contributed by atoms with E-state index >= 15 is 0 Å². The molecule has 0 spiro atoms. The van der Waals surface area contributed by atoms with Crippen molar-refractivity contribution in [3.63, 3.8) is 0 Å². The molecule has 2 heterocycles. The fourth-order valence-corrected chi connectivity index (χ4v) is 6.06. The van der Waals surface area contributed by atoms with E-state index in [2.05, 4.69) is 9.80 Å². The normalized spacial score (nSPS) is 25.0. The predicted octanol–water partition coefficient (Wildman–Crippen LogP) is 1.65. The first-order valence-corrected chi connectivity index (χ1v) is 11.3. The molecule has 0 aromatic heterocycles. The maximum atomic E-state index is 9.90. The summed E-state index contributed by atoms with van der Waals surface area (Å²) in [4.78, 5) is 4.66. The quantitative estimate of drug-likeness (QED) is 0.328. The summed E-state index contributed by atoms with van der Waals surface area (Å²) in [5, 5.41) is 19.7. The SMILES string of the molecule is OCCN1CCN(CCOC(O)CCCC[C@@H]2CCSS2)CC1. The Morgan fingerprint density at radius 3 is 2.48 bits per heavy atom. The van der Waals surface area contributed by atoms with Gasteiger partial charge >= 0.3 is 0 Å². The molecule has 2 aliphatic heterocycles. The lowest BCUT2D eigenvalue weighted by molar-refractivity contribution is -0.109. The molecule has 0 amide bonds. The molecule has 0 aliphatic carbocycles. The molecule has 2 rings (SSSR count). The lowest BCUT2D eigenvalue weighted by Gasteiger charge is -2.34. The summed E-state index contributed by atoms with van der Waals surface area (Å²) in [7, 11) is 4.03. The van der Waals surface area contributed by atoms with E-state index in [1.54, 1.807) is 0 Å². The molecule has 2 fully saturated rings. The van der Waals surface area contributed by atoms with Crippen molar-refractivity contribution in [3.05, 3.63) is 0 Å². The smallest absolute Gasteiger partial charge is 0.154 e. The van der Waals surface area contributed by atoms with Crippen LogP contribution in [0.4, 0.5) is 0 Å². The minimum absolute atomic E-state index is 0.244. The third-order valence-corrected chi connectivity index (χ3v) is 7.56. The number of ether oxygens (including phenoxy) is 1. The monoisotopic (exact) mass is 364 g/mol. The second-order valence-corrected chi connectivity index (χ2v) is 9.13. The fourth-order valence-electron chi connectivity index (χ4n) is 3.03. The maximum absolute atomic E-state index is 9.90. The van der Waals surface area contributed by atoms with E-state index in [0.29, 0.717) is 6.61 Å². The Morgan fingerprint density at radius 1 is 1.09 bits per heavy atom. The van der Waals surface area contributed by atoms with E-state index in [-0.39, 0.29) is 6.61 Å². The first-order chi connectivity index (χ1) is 11.3. The number of rotatable bonds is 11. The third-order valence-electron chi connectivity index (χ3n) is 4.55. The summed E-state index contributed by atoms with van der Waals surface area (Å²) in [6.07, 6.45) is 5.04. The Bertz CT molecular complexity index is 299. The maximum Gasteiger partial charge on any atom is 0.154 e. The van der Waals surface area contributed by atoms with E-state index in [1.165, 1.54) is 25.0 Å². The third kappa shape index (κ3) is 8.43. The van der Waals surface area contributed by atoms with Crippen LogP contribution in [-0.2, 0) is 4.74 Å². The van der Waals surface area contributed by atoms with Crippen LogP contribution in [0.25, 0.3) is 0 Å². The van der Waals surface area contributed by atoms with Gasteiger partial charge in [-0.2, -0.15) is 0 Å². The molecule has 136 valence electrons. The van der Waals surface area contributed by atoms with Crippen LogP contribution in [0.5, 0.6) is 0 Å². The summed E-state index contributed by atoms with van der Waals surface area (Å²) in [6, 6.07) is 0. The average Bonchev–Trinajstić information content (AvgIpc) is 3.07. The number of piperazine rings is 1. The van der Waals surface area contributed by atoms with Gasteiger partial charge in [0.2, 0.25) is 0 Å². The van der Waals surface area contributed by atoms with E-state index in [9.17, 15) is 5.11 Å². The fraction of sp³-hybridized carbons (Fsp3) is 1.00. The van der Waals surface area contributed by atoms with Gasteiger partial charge in [-0.3, -0.25) is 9.80 Å². The number of β-amino-alcohol motifs (C(OH)–C–C–N with tert-alkyl or cyclic N) is 1. The summed E-state index contributed by atoms with van der Waals surface area (Å²) < 4.78 is 5.54. The van der Waals surface area contributed by atoms with E-state index < -0.39 is 6.29 Å². The van der Waals surface area contributed by atoms with Crippen LogP contribution in [0, 0.1) is 0 Å². The largest absolute Gasteiger partial charge is 0.395 e. The van der Waals surface area contributed by atoms with Gasteiger partial charge in [0, 0.05) is 50.3 Å². The van der Waals surface area contributed by atoms with Gasteiger partial charge in [-0.15, -0.1) is 0 Å². The zero-order chi connectivity index (χ0) is 16.3. The molecule has 5 nitrogen and oxygen atoms in total. The Balaban J connectivity index is 1.41. The standard InChI is InChI=1S/C16H32N2O3S2/c19-12-10-17-6-8-18(9-7-17)11-13-21-16(20)4-2-1-3-15-5-14-22-23-15/h15-16,19-20H,1-14H2/t15-,16?/m1/s1. The second kappa shape index (κ2) is 12.0. The Labute approximate surface area is 148 Å². The first-order valence-electron chi connectivity index (χ1n) is 8.91. The zero-order valence-electron chi connectivity index (χ0n) is 14.1. The van der Waals surface area contributed by atoms with Crippen molar-refractivity contribution in [2.45, 2.75) is 43.6 Å². The number of unbranched alkanes of at least 4 members (excludes halogenated alkanes) is 1. The van der Waals surface area contributed by atoms with Crippen molar-refractivity contribution in [1.82, 2.24) is 9.80 Å². The summed E-state index contributed by atoms with van der Waals surface area (Å²) in [5.41, 5.74) is 0. The molecule has 0 aromatic carbocycles. The molecule has 2 aliphatic rings. The van der Waals surface area contributed by atoms with Crippen LogP contribution in [0.15, 0.2) is 0 Å². The topological polar surface area (TPSA) is 56.2 Å². The van der Waals surface area contributed by atoms with Gasteiger partial charge in [0.25, 0.3) is 0 Å². The molecular weight excluding hydrogens is 332 g/mol. The van der Waals surface area contributed by atoms with Gasteiger partial charge in [0.05, 0.1) is 13.2 Å². The molecular formula is C16H32N2O3S2. The number of aliphatic hydroxyl groups is 2. The van der Waals surface area contributed by atoms with Crippen LogP contribution in [-0.4, -0.2) is 89.8 Å². The lowest BCUT2D eigenvalue weighted by Crippen LogP contribution is -2.48. The highest BCUT2D eigenvalue weighted by atomic mass is 33.1. The van der Waals surface area contributed by atoms with Gasteiger partial charge in [-0.1, -0.05) is 28.0 Å². The van der Waals surface area contributed by atoms with Gasteiger partial charge in [0.15, 0.2) is 6.29 Å². The van der Waals surface area contributed by atoms with Crippen molar-refractivity contribution in [1.29, 1.82) is 0 Å². The minimum atomic E-state index is -0.601. The van der Waals surface area contributed by atoms with Gasteiger partial charge in [-0.25, -0.2) is 0 Å². The molecule has 2 atom stereocenters. The van der Waals surface area contributed by atoms with Crippen LogP contribution in [0.1, 0.15) is 32.1 Å². The Hall–Kier alpha value is 0.500. The van der Waals surface area contributed by atoms with Crippen LogP contribution in [0.2, 0.25) is 0 Å². The van der Waals surface area contributed by atoms with Crippen molar-refractivity contribution in [2.24, 2.45) is 0 Å². The summed E-state index contributed by atoms with van der Waals surface area (Å²) >= 11 is 0. The first kappa shape index (κ1) is 19.8. The molecule has 23 heavy (non-hydrogen) atoms. The van der Waals surface area contributed by atoms with Gasteiger partial charge in [-0.05, 0) is 25.7 Å². The zero-order valence-corrected chi connectivity index (χ0v) is 15.7. The molecule has 0 radical (unpaired) electrons. The summed E-state index contributed by atoms with van der Waals surface area (Å²) in [5.74, 6) is 1.30. The Morgan fingerprint density at radius 2 is 1.83 bits per heavy atom. The van der Waals surface area contributed by atoms with Crippen molar-refractivity contribution < 1.29 is 14.9 Å². The van der Waals surface area contributed by atoms with Crippen molar-refractivity contribution >= 4 is 21.6 Å². The van der Waals surface area contributed by atoms with Crippen LogP contribution in [0.3, 0.4) is 0 Å². The van der Waals surface area contributed by atoms with Gasteiger partial charge in [0.1, 0.15) is 0 Å². The number of nitrogens with zero attached hydrogens (tertiary/aromatic N) is 2. The van der Waals surface area contributed by atoms with E-state index in [0.717, 1.165) is 57.4 Å². The second-order valence-electron chi connectivity index (χ2n) is 6.35. The molecule has 0 bridgehead atoms. The average molecular weight is 365 g/mol. The van der Waals surface area contributed by atoms with Gasteiger partial charge < -0.3 is 14.9 Å². The Kier molecular flexibility index (Phi) is 10.3. The molecule has 2 saturated heterocycles. The molecule has 1 unspecified atom stereocenters. The highest BCUT2D eigenvalue weighted by molar-refractivity contribution is 8.77. The molecule has 2 N–H and O–H groups in total. The number of aliphatic hydroxyl groups excluding tert-OH is 2. The highest BCUT2D eigenvalue weighted by Gasteiger charge is 2.17. The minimum Gasteiger partial charge on any atom is -0.395 e.